The zero-order chi connectivity index (χ0) is 14.7. The van der Waals surface area contributed by atoms with Crippen molar-refractivity contribution < 1.29 is 4.39 Å². The lowest BCUT2D eigenvalue weighted by atomic mass is 9.96. The predicted molar refractivity (Wildman–Crippen MR) is 83.1 cm³/mol. The molecule has 1 aromatic carbocycles. The van der Waals surface area contributed by atoms with Gasteiger partial charge >= 0.3 is 0 Å². The van der Waals surface area contributed by atoms with Crippen LogP contribution in [0.15, 0.2) is 30.5 Å². The van der Waals surface area contributed by atoms with Crippen molar-refractivity contribution in [3.63, 3.8) is 0 Å². The average Bonchev–Trinajstić information content (AvgIpc) is 2.96. The second kappa shape index (κ2) is 6.48. The van der Waals surface area contributed by atoms with Gasteiger partial charge in [0.25, 0.3) is 0 Å². The van der Waals surface area contributed by atoms with E-state index in [1.807, 2.05) is 6.07 Å². The molecule has 0 radical (unpaired) electrons. The summed E-state index contributed by atoms with van der Waals surface area (Å²) in [6.45, 7) is 0.588. The Hall–Kier alpha value is -1.55. The molecule has 0 atom stereocenters. The van der Waals surface area contributed by atoms with Crippen LogP contribution in [0, 0.1) is 5.82 Å². The van der Waals surface area contributed by atoms with Crippen molar-refractivity contribution in [1.82, 2.24) is 9.78 Å². The molecule has 0 bridgehead atoms. The predicted octanol–water partition coefficient (Wildman–Crippen LogP) is 4.79. The minimum absolute atomic E-state index is 0.327. The quantitative estimate of drug-likeness (QED) is 0.880. The van der Waals surface area contributed by atoms with Crippen LogP contribution in [0.5, 0.6) is 0 Å². The Kier molecular flexibility index (Phi) is 4.44. The van der Waals surface area contributed by atoms with E-state index in [9.17, 15) is 4.39 Å². The lowest BCUT2D eigenvalue weighted by Gasteiger charge is -2.21. The molecule has 0 spiro atoms. The Morgan fingerprint density at radius 1 is 1.24 bits per heavy atom. The lowest BCUT2D eigenvalue weighted by Crippen LogP contribution is -2.13. The van der Waals surface area contributed by atoms with Crippen molar-refractivity contribution >= 4 is 17.3 Å². The van der Waals surface area contributed by atoms with Gasteiger partial charge in [0, 0.05) is 6.20 Å². The van der Waals surface area contributed by atoms with Crippen LogP contribution in [0.3, 0.4) is 0 Å². The lowest BCUT2D eigenvalue weighted by molar-refractivity contribution is 0.328. The summed E-state index contributed by atoms with van der Waals surface area (Å²) in [5.74, 6) is -0.327. The van der Waals surface area contributed by atoms with Crippen molar-refractivity contribution in [1.29, 1.82) is 0 Å². The maximum Gasteiger partial charge on any atom is 0.124 e. The first kappa shape index (κ1) is 14.4. The smallest absolute Gasteiger partial charge is 0.124 e. The number of benzene rings is 1. The van der Waals surface area contributed by atoms with Gasteiger partial charge in [0.15, 0.2) is 0 Å². The van der Waals surface area contributed by atoms with E-state index in [4.69, 9.17) is 11.6 Å². The van der Waals surface area contributed by atoms with Gasteiger partial charge in [-0.1, -0.05) is 30.9 Å². The number of aromatic nitrogens is 2. The van der Waals surface area contributed by atoms with Gasteiger partial charge in [0.2, 0.25) is 0 Å². The minimum atomic E-state index is -0.327. The Morgan fingerprint density at radius 3 is 2.81 bits per heavy atom. The van der Waals surface area contributed by atoms with Crippen molar-refractivity contribution in [2.24, 2.45) is 0 Å². The number of hydrogen-bond donors (Lipinski definition) is 1. The highest BCUT2D eigenvalue weighted by molar-refractivity contribution is 6.33. The van der Waals surface area contributed by atoms with Crippen molar-refractivity contribution in [3.05, 3.63) is 47.0 Å². The summed E-state index contributed by atoms with van der Waals surface area (Å²) >= 11 is 5.99. The molecule has 2 aromatic rings. The van der Waals surface area contributed by atoms with E-state index in [0.29, 0.717) is 17.6 Å². The van der Waals surface area contributed by atoms with Crippen LogP contribution in [0.4, 0.5) is 10.1 Å². The molecule has 1 heterocycles. The van der Waals surface area contributed by atoms with Crippen LogP contribution in [0.25, 0.3) is 0 Å². The largest absolute Gasteiger partial charge is 0.378 e. The Labute approximate surface area is 129 Å². The Balaban J connectivity index is 1.61. The third kappa shape index (κ3) is 3.56. The molecule has 1 aromatic heterocycles. The fraction of sp³-hybridized carbons (Fsp3) is 0.438. The van der Waals surface area contributed by atoms with E-state index < -0.39 is 0 Å². The van der Waals surface area contributed by atoms with Gasteiger partial charge in [0.1, 0.15) is 5.82 Å². The molecule has 0 amide bonds. The number of hydrogen-bond acceptors (Lipinski definition) is 2. The molecule has 3 rings (SSSR count). The molecular formula is C16H19ClFN3. The van der Waals surface area contributed by atoms with Crippen molar-refractivity contribution in [3.8, 4) is 0 Å². The van der Waals surface area contributed by atoms with Gasteiger partial charge < -0.3 is 5.32 Å². The molecule has 0 unspecified atom stereocenters. The van der Waals surface area contributed by atoms with Gasteiger partial charge in [-0.05, 0) is 37.1 Å². The summed E-state index contributed by atoms with van der Waals surface area (Å²) in [7, 11) is 0. The molecule has 112 valence electrons. The molecule has 0 saturated heterocycles. The van der Waals surface area contributed by atoms with Crippen LogP contribution >= 0.6 is 11.6 Å². The van der Waals surface area contributed by atoms with E-state index in [1.54, 1.807) is 6.07 Å². The molecule has 21 heavy (non-hydrogen) atoms. The zero-order valence-corrected chi connectivity index (χ0v) is 12.6. The molecule has 1 aliphatic carbocycles. The normalized spacial score (nSPS) is 16.1. The van der Waals surface area contributed by atoms with E-state index in [-0.39, 0.29) is 5.82 Å². The molecular weight excluding hydrogens is 289 g/mol. The van der Waals surface area contributed by atoms with Crippen LogP contribution in [0.2, 0.25) is 5.02 Å². The van der Waals surface area contributed by atoms with Crippen LogP contribution in [-0.2, 0) is 6.54 Å². The minimum Gasteiger partial charge on any atom is -0.378 e. The first-order chi connectivity index (χ1) is 10.2. The number of nitrogens with zero attached hydrogens (tertiary/aromatic N) is 2. The monoisotopic (exact) mass is 307 g/mol. The Morgan fingerprint density at radius 2 is 2.05 bits per heavy atom. The van der Waals surface area contributed by atoms with Gasteiger partial charge in [-0.2, -0.15) is 5.10 Å². The van der Waals surface area contributed by atoms with Crippen molar-refractivity contribution in [2.75, 3.05) is 5.32 Å². The maximum atomic E-state index is 13.0. The zero-order valence-electron chi connectivity index (χ0n) is 11.9. The summed E-state index contributed by atoms with van der Waals surface area (Å²) in [6, 6.07) is 6.93. The van der Waals surface area contributed by atoms with Crippen LogP contribution < -0.4 is 5.32 Å². The Bertz CT molecular complexity index is 605. The molecule has 1 saturated carbocycles. The van der Waals surface area contributed by atoms with Crippen LogP contribution in [0.1, 0.15) is 43.8 Å². The summed E-state index contributed by atoms with van der Waals surface area (Å²) in [6.07, 6.45) is 8.43. The van der Waals surface area contributed by atoms with E-state index in [1.165, 1.54) is 44.2 Å². The summed E-state index contributed by atoms with van der Waals surface area (Å²) < 4.78 is 15.1. The summed E-state index contributed by atoms with van der Waals surface area (Å²) in [4.78, 5) is 0. The molecule has 3 nitrogen and oxygen atoms in total. The van der Waals surface area contributed by atoms with Crippen molar-refractivity contribution in [2.45, 2.75) is 44.7 Å². The number of halogens is 2. The second-order valence-electron chi connectivity index (χ2n) is 5.56. The average molecular weight is 308 g/mol. The third-order valence-electron chi connectivity index (χ3n) is 4.00. The summed E-state index contributed by atoms with van der Waals surface area (Å²) in [5, 5.41) is 8.22. The van der Waals surface area contributed by atoms with E-state index in [2.05, 4.69) is 21.3 Å². The molecule has 1 N–H and O–H groups in total. The van der Waals surface area contributed by atoms with E-state index in [0.717, 1.165) is 11.4 Å². The van der Waals surface area contributed by atoms with Crippen LogP contribution in [-0.4, -0.2) is 9.78 Å². The maximum absolute atomic E-state index is 13.0. The topological polar surface area (TPSA) is 29.9 Å². The molecule has 1 aliphatic rings. The summed E-state index contributed by atoms with van der Waals surface area (Å²) in [5.41, 5.74) is 1.70. The fourth-order valence-corrected chi connectivity index (χ4v) is 3.07. The highest BCUT2D eigenvalue weighted by Crippen LogP contribution is 2.27. The molecule has 1 fully saturated rings. The second-order valence-corrected chi connectivity index (χ2v) is 5.96. The first-order valence-corrected chi connectivity index (χ1v) is 7.83. The standard InChI is InChI=1S/C16H19ClFN3/c17-15-10-12(18)6-7-16(15)19-11-13-8-9-21(20-13)14-4-2-1-3-5-14/h6-10,14,19H,1-5,11H2. The molecule has 0 aliphatic heterocycles. The number of anilines is 1. The molecule has 5 heteroatoms. The number of rotatable bonds is 4. The highest BCUT2D eigenvalue weighted by Gasteiger charge is 2.15. The van der Waals surface area contributed by atoms with Gasteiger partial charge in [-0.25, -0.2) is 4.39 Å². The van der Waals surface area contributed by atoms with Gasteiger partial charge in [0.05, 0.1) is 29.0 Å². The number of nitrogens with one attached hydrogen (secondary N) is 1. The van der Waals surface area contributed by atoms with E-state index >= 15 is 0 Å². The fourth-order valence-electron chi connectivity index (χ4n) is 2.84. The third-order valence-corrected chi connectivity index (χ3v) is 4.32. The highest BCUT2D eigenvalue weighted by atomic mass is 35.5. The first-order valence-electron chi connectivity index (χ1n) is 7.45. The SMILES string of the molecule is Fc1ccc(NCc2ccn(C3CCCCC3)n2)c(Cl)c1. The van der Waals surface area contributed by atoms with Gasteiger partial charge in [-0.3, -0.25) is 4.68 Å². The van der Waals surface area contributed by atoms with Gasteiger partial charge in [-0.15, -0.1) is 0 Å².